The van der Waals surface area contributed by atoms with Gasteiger partial charge in [-0.15, -0.1) is 0 Å². The summed E-state index contributed by atoms with van der Waals surface area (Å²) in [6.45, 7) is 2.94. The number of amides is 2. The number of nitrogens with zero attached hydrogens (tertiary/aromatic N) is 1. The fraction of sp³-hybridized carbons (Fsp3) is 0.286. The normalized spacial score (nSPS) is 17.2. The Morgan fingerprint density at radius 1 is 1.17 bits per heavy atom. The summed E-state index contributed by atoms with van der Waals surface area (Å²) >= 11 is 0. The smallest absolute Gasteiger partial charge is 0.312 e. The van der Waals surface area contributed by atoms with Crippen molar-refractivity contribution < 1.29 is 27.9 Å². The van der Waals surface area contributed by atoms with Crippen molar-refractivity contribution in [1.82, 2.24) is 0 Å². The van der Waals surface area contributed by atoms with Crippen LogP contribution < -0.4 is 10.2 Å². The van der Waals surface area contributed by atoms with Crippen molar-refractivity contribution >= 4 is 29.2 Å². The molecule has 0 bridgehead atoms. The molecule has 0 radical (unpaired) electrons. The Morgan fingerprint density at radius 3 is 2.59 bits per heavy atom. The maximum atomic E-state index is 13.9. The second kappa shape index (κ2) is 8.38. The summed E-state index contributed by atoms with van der Waals surface area (Å²) in [6.07, 6.45) is -1.28. The third-order valence-corrected chi connectivity index (χ3v) is 4.70. The van der Waals surface area contributed by atoms with Gasteiger partial charge in [-0.1, -0.05) is 18.2 Å². The van der Waals surface area contributed by atoms with Crippen LogP contribution in [0.5, 0.6) is 0 Å². The number of ether oxygens (including phenoxy) is 1. The van der Waals surface area contributed by atoms with Crippen molar-refractivity contribution in [3.63, 3.8) is 0 Å². The van der Waals surface area contributed by atoms with E-state index in [1.165, 1.54) is 48.2 Å². The van der Waals surface area contributed by atoms with Crippen LogP contribution in [0.1, 0.15) is 18.9 Å². The van der Waals surface area contributed by atoms with Crippen LogP contribution in [0.4, 0.5) is 20.2 Å². The summed E-state index contributed by atoms with van der Waals surface area (Å²) in [5.74, 6) is -3.59. The van der Waals surface area contributed by atoms with E-state index < -0.39 is 41.4 Å². The molecule has 1 heterocycles. The number of hydrogen-bond acceptors (Lipinski definition) is 4. The highest BCUT2D eigenvalue weighted by Gasteiger charge is 2.38. The number of anilines is 2. The first-order chi connectivity index (χ1) is 13.8. The average Bonchev–Trinajstić information content (AvgIpc) is 3.06. The molecule has 1 N–H and O–H groups in total. The monoisotopic (exact) mass is 402 g/mol. The van der Waals surface area contributed by atoms with Crippen molar-refractivity contribution in [2.24, 2.45) is 5.92 Å². The van der Waals surface area contributed by atoms with E-state index >= 15 is 0 Å². The molecule has 29 heavy (non-hydrogen) atoms. The van der Waals surface area contributed by atoms with Gasteiger partial charge in [0.15, 0.2) is 6.10 Å². The van der Waals surface area contributed by atoms with Gasteiger partial charge >= 0.3 is 5.97 Å². The summed E-state index contributed by atoms with van der Waals surface area (Å²) in [5.41, 5.74) is 0.774. The third-order valence-electron chi connectivity index (χ3n) is 4.70. The van der Waals surface area contributed by atoms with Gasteiger partial charge in [-0.2, -0.15) is 0 Å². The van der Waals surface area contributed by atoms with Crippen LogP contribution >= 0.6 is 0 Å². The van der Waals surface area contributed by atoms with Gasteiger partial charge in [0.25, 0.3) is 5.91 Å². The molecular formula is C21H20F2N2O4. The number of nitrogens with one attached hydrogen (secondary N) is 1. The molecule has 0 aliphatic carbocycles. The van der Waals surface area contributed by atoms with Crippen LogP contribution in [-0.2, 0) is 19.1 Å². The maximum absolute atomic E-state index is 13.9. The lowest BCUT2D eigenvalue weighted by Gasteiger charge is -2.18. The number of hydrogen-bond donors (Lipinski definition) is 1. The van der Waals surface area contributed by atoms with Crippen LogP contribution in [0.2, 0.25) is 0 Å². The zero-order chi connectivity index (χ0) is 21.1. The molecule has 2 atom stereocenters. The second-order valence-electron chi connectivity index (χ2n) is 6.89. The highest BCUT2D eigenvalue weighted by molar-refractivity contribution is 6.00. The van der Waals surface area contributed by atoms with Gasteiger partial charge in [-0.25, -0.2) is 8.78 Å². The molecule has 152 valence electrons. The molecule has 2 amide bonds. The summed E-state index contributed by atoms with van der Waals surface area (Å²) in [4.78, 5) is 38.0. The first kappa shape index (κ1) is 20.4. The molecule has 2 aromatic carbocycles. The zero-order valence-corrected chi connectivity index (χ0v) is 15.9. The first-order valence-corrected chi connectivity index (χ1v) is 9.08. The largest absolute Gasteiger partial charge is 0.452 e. The molecule has 3 rings (SSSR count). The minimum absolute atomic E-state index is 0.0316. The lowest BCUT2D eigenvalue weighted by Crippen LogP contribution is -2.33. The Bertz CT molecular complexity index is 963. The number of rotatable bonds is 5. The standard InChI is InChI=1S/C21H20F2N2O4/c1-12-7-8-15(10-17(12)23)24-20(27)13(2)29-21(28)14-9-19(26)25(11-14)18-6-4-3-5-16(18)22/h3-8,10,13-14H,9,11H2,1-2H3,(H,24,27)/t13-,14+/m1/s1. The van der Waals surface area contributed by atoms with Crippen molar-refractivity contribution in [2.45, 2.75) is 26.4 Å². The molecule has 0 spiro atoms. The number of para-hydroxylation sites is 1. The van der Waals surface area contributed by atoms with Crippen LogP contribution in [0, 0.1) is 24.5 Å². The molecule has 8 heteroatoms. The van der Waals surface area contributed by atoms with E-state index in [0.717, 1.165) is 0 Å². The Balaban J connectivity index is 1.59. The van der Waals surface area contributed by atoms with Gasteiger partial charge in [0.2, 0.25) is 5.91 Å². The molecule has 2 aromatic rings. The Morgan fingerprint density at radius 2 is 1.90 bits per heavy atom. The molecule has 1 fully saturated rings. The fourth-order valence-electron chi connectivity index (χ4n) is 3.01. The van der Waals surface area contributed by atoms with E-state index in [-0.39, 0.29) is 24.3 Å². The number of carbonyl (C=O) groups excluding carboxylic acids is 3. The van der Waals surface area contributed by atoms with Gasteiger partial charge in [-0.05, 0) is 43.7 Å². The van der Waals surface area contributed by atoms with Gasteiger partial charge in [0, 0.05) is 18.7 Å². The van der Waals surface area contributed by atoms with Gasteiger partial charge in [0.05, 0.1) is 11.6 Å². The van der Waals surface area contributed by atoms with E-state index in [9.17, 15) is 23.2 Å². The van der Waals surface area contributed by atoms with Crippen molar-refractivity contribution in [2.75, 3.05) is 16.8 Å². The third kappa shape index (κ3) is 4.59. The molecule has 0 saturated carbocycles. The number of aryl methyl sites for hydroxylation is 1. The van der Waals surface area contributed by atoms with Crippen molar-refractivity contribution in [1.29, 1.82) is 0 Å². The molecule has 0 aromatic heterocycles. The summed E-state index contributed by atoms with van der Waals surface area (Å²) in [6, 6.07) is 10.0. The van der Waals surface area contributed by atoms with Crippen LogP contribution in [0.25, 0.3) is 0 Å². The molecular weight excluding hydrogens is 382 g/mol. The van der Waals surface area contributed by atoms with Gasteiger partial charge in [-0.3, -0.25) is 14.4 Å². The Labute approximate surface area is 166 Å². The first-order valence-electron chi connectivity index (χ1n) is 9.08. The van der Waals surface area contributed by atoms with E-state index in [1.807, 2.05) is 0 Å². The lowest BCUT2D eigenvalue weighted by atomic mass is 10.1. The van der Waals surface area contributed by atoms with E-state index in [0.29, 0.717) is 5.56 Å². The number of carbonyl (C=O) groups is 3. The maximum Gasteiger partial charge on any atom is 0.312 e. The average molecular weight is 402 g/mol. The van der Waals surface area contributed by atoms with Crippen molar-refractivity contribution in [3.05, 3.63) is 59.7 Å². The zero-order valence-electron chi connectivity index (χ0n) is 15.9. The highest BCUT2D eigenvalue weighted by atomic mass is 19.1. The summed E-state index contributed by atoms with van der Waals surface area (Å²) in [5, 5.41) is 2.47. The number of halogens is 2. The second-order valence-corrected chi connectivity index (χ2v) is 6.89. The van der Waals surface area contributed by atoms with Crippen LogP contribution in [0.3, 0.4) is 0 Å². The predicted octanol–water partition coefficient (Wildman–Crippen LogP) is 3.20. The molecule has 1 aliphatic heterocycles. The van der Waals surface area contributed by atoms with E-state index in [4.69, 9.17) is 4.74 Å². The van der Waals surface area contributed by atoms with E-state index in [2.05, 4.69) is 5.32 Å². The van der Waals surface area contributed by atoms with Gasteiger partial charge in [0.1, 0.15) is 11.6 Å². The lowest BCUT2D eigenvalue weighted by molar-refractivity contribution is -0.157. The summed E-state index contributed by atoms with van der Waals surface area (Å²) < 4.78 is 32.7. The molecule has 1 saturated heterocycles. The SMILES string of the molecule is Cc1ccc(NC(=O)[C@@H](C)OC(=O)[C@H]2CC(=O)N(c3ccccc3F)C2)cc1F. The minimum Gasteiger partial charge on any atom is -0.452 e. The molecule has 1 aliphatic rings. The molecule has 6 nitrogen and oxygen atoms in total. The van der Waals surface area contributed by atoms with Crippen molar-refractivity contribution in [3.8, 4) is 0 Å². The Kier molecular flexibility index (Phi) is 5.91. The Hall–Kier alpha value is -3.29. The van der Waals surface area contributed by atoms with E-state index in [1.54, 1.807) is 13.0 Å². The van der Waals surface area contributed by atoms with Crippen LogP contribution in [-0.4, -0.2) is 30.4 Å². The molecule has 0 unspecified atom stereocenters. The fourth-order valence-corrected chi connectivity index (χ4v) is 3.01. The topological polar surface area (TPSA) is 75.7 Å². The van der Waals surface area contributed by atoms with Gasteiger partial charge < -0.3 is 15.0 Å². The minimum atomic E-state index is -1.15. The highest BCUT2D eigenvalue weighted by Crippen LogP contribution is 2.28. The number of benzene rings is 2. The summed E-state index contributed by atoms with van der Waals surface area (Å²) in [7, 11) is 0. The van der Waals surface area contributed by atoms with Crippen LogP contribution in [0.15, 0.2) is 42.5 Å². The quantitative estimate of drug-likeness (QED) is 0.780. The predicted molar refractivity (Wildman–Crippen MR) is 102 cm³/mol. The number of esters is 1.